The molecule has 0 aliphatic heterocycles. The van der Waals surface area contributed by atoms with Crippen molar-refractivity contribution in [2.45, 2.75) is 6.42 Å². The van der Waals surface area contributed by atoms with Gasteiger partial charge in [0.2, 0.25) is 0 Å². The molecule has 0 saturated heterocycles. The highest BCUT2D eigenvalue weighted by atomic mass is 79.9. The van der Waals surface area contributed by atoms with E-state index in [1.807, 2.05) is 12.1 Å². The van der Waals surface area contributed by atoms with Gasteiger partial charge in [-0.25, -0.2) is 0 Å². The van der Waals surface area contributed by atoms with Gasteiger partial charge in [-0.05, 0) is 18.6 Å². The molecule has 0 aliphatic carbocycles. The zero-order valence-electron chi connectivity index (χ0n) is 10.1. The predicted octanol–water partition coefficient (Wildman–Crippen LogP) is 4.22. The molecule has 0 radical (unpaired) electrons. The van der Waals surface area contributed by atoms with Gasteiger partial charge in [0.1, 0.15) is 0 Å². The molecule has 102 valence electrons. The quantitative estimate of drug-likeness (QED) is 0.707. The van der Waals surface area contributed by atoms with Crippen molar-refractivity contribution in [2.75, 3.05) is 38.8 Å². The number of nitrogens with one attached hydrogen (secondary N) is 1. The molecule has 0 bridgehead atoms. The summed E-state index contributed by atoms with van der Waals surface area (Å²) in [5, 5.41) is 4.42. The van der Waals surface area contributed by atoms with Crippen LogP contribution < -0.4 is 5.32 Å². The molecule has 1 N–H and O–H groups in total. The van der Waals surface area contributed by atoms with Gasteiger partial charge in [-0.15, -0.1) is 0 Å². The Morgan fingerprint density at radius 3 is 2.44 bits per heavy atom. The van der Waals surface area contributed by atoms with E-state index in [0.717, 1.165) is 23.1 Å². The van der Waals surface area contributed by atoms with Crippen LogP contribution in [0.1, 0.15) is 6.42 Å². The monoisotopic (exact) mass is 355 g/mol. The van der Waals surface area contributed by atoms with Gasteiger partial charge in [0.25, 0.3) is 0 Å². The summed E-state index contributed by atoms with van der Waals surface area (Å²) < 4.78 is 11.1. The largest absolute Gasteiger partial charge is 0.383 e. The molecule has 3 nitrogen and oxygen atoms in total. The minimum atomic E-state index is 0.606. The topological polar surface area (TPSA) is 30.5 Å². The Morgan fingerprint density at radius 1 is 1.17 bits per heavy atom. The van der Waals surface area contributed by atoms with E-state index >= 15 is 0 Å². The van der Waals surface area contributed by atoms with Crippen LogP contribution in [0.25, 0.3) is 0 Å². The number of methoxy groups -OCH3 is 1. The molecule has 1 rings (SSSR count). The summed E-state index contributed by atoms with van der Waals surface area (Å²) >= 11 is 15.5. The van der Waals surface area contributed by atoms with Gasteiger partial charge < -0.3 is 14.8 Å². The molecule has 0 heterocycles. The molecule has 0 saturated carbocycles. The molecule has 0 unspecified atom stereocenters. The van der Waals surface area contributed by atoms with Crippen LogP contribution in [-0.2, 0) is 9.47 Å². The van der Waals surface area contributed by atoms with Crippen molar-refractivity contribution in [3.05, 3.63) is 26.7 Å². The summed E-state index contributed by atoms with van der Waals surface area (Å²) in [4.78, 5) is 0. The standard InChI is InChI=1S/C12H16BrCl2NO2/c1-17-5-6-18-4-2-3-16-12-10(14)7-9(13)8-11(12)15/h7-8,16H,2-6H2,1H3. The molecular weight excluding hydrogens is 341 g/mol. The van der Waals surface area contributed by atoms with Crippen LogP contribution in [0.4, 0.5) is 5.69 Å². The molecule has 0 aromatic heterocycles. The Labute approximate surface area is 126 Å². The molecule has 18 heavy (non-hydrogen) atoms. The SMILES string of the molecule is COCCOCCCNc1c(Cl)cc(Br)cc1Cl. The number of benzene rings is 1. The van der Waals surface area contributed by atoms with Crippen molar-refractivity contribution in [3.63, 3.8) is 0 Å². The highest BCUT2D eigenvalue weighted by Crippen LogP contribution is 2.33. The average molecular weight is 357 g/mol. The van der Waals surface area contributed by atoms with Crippen molar-refractivity contribution in [2.24, 2.45) is 0 Å². The molecular formula is C12H16BrCl2NO2. The Bertz CT molecular complexity index is 354. The van der Waals surface area contributed by atoms with Gasteiger partial charge in [0.15, 0.2) is 0 Å². The van der Waals surface area contributed by atoms with Crippen LogP contribution in [-0.4, -0.2) is 33.5 Å². The average Bonchev–Trinajstić information content (AvgIpc) is 2.30. The second-order valence-electron chi connectivity index (χ2n) is 3.63. The smallest absolute Gasteiger partial charge is 0.0719 e. The molecule has 6 heteroatoms. The normalized spacial score (nSPS) is 10.7. The zero-order valence-corrected chi connectivity index (χ0v) is 13.2. The lowest BCUT2D eigenvalue weighted by atomic mass is 10.3. The number of rotatable bonds is 8. The summed E-state index contributed by atoms with van der Waals surface area (Å²) in [6.07, 6.45) is 0.881. The van der Waals surface area contributed by atoms with Crippen LogP contribution in [0.15, 0.2) is 16.6 Å². The number of ether oxygens (including phenoxy) is 2. The minimum Gasteiger partial charge on any atom is -0.383 e. The lowest BCUT2D eigenvalue weighted by Crippen LogP contribution is -2.08. The second-order valence-corrected chi connectivity index (χ2v) is 5.36. The third-order valence-electron chi connectivity index (χ3n) is 2.21. The number of halogens is 3. The van der Waals surface area contributed by atoms with Crippen molar-refractivity contribution < 1.29 is 9.47 Å². The Hall–Kier alpha value is -0.0000000000000000555. The summed E-state index contributed by atoms with van der Waals surface area (Å²) in [5.74, 6) is 0. The maximum atomic E-state index is 6.09. The van der Waals surface area contributed by atoms with Gasteiger partial charge in [0.05, 0.1) is 28.9 Å². The van der Waals surface area contributed by atoms with E-state index in [2.05, 4.69) is 21.2 Å². The van der Waals surface area contributed by atoms with Gasteiger partial charge in [-0.2, -0.15) is 0 Å². The minimum absolute atomic E-state index is 0.606. The third kappa shape index (κ3) is 5.76. The van der Waals surface area contributed by atoms with Gasteiger partial charge in [-0.3, -0.25) is 0 Å². The van der Waals surface area contributed by atoms with E-state index in [1.54, 1.807) is 7.11 Å². The first-order chi connectivity index (χ1) is 8.65. The van der Waals surface area contributed by atoms with Crippen LogP contribution in [0.3, 0.4) is 0 Å². The highest BCUT2D eigenvalue weighted by Gasteiger charge is 2.06. The number of hydrogen-bond acceptors (Lipinski definition) is 3. The fourth-order valence-corrected chi connectivity index (χ4v) is 2.69. The maximum absolute atomic E-state index is 6.09. The first-order valence-corrected chi connectivity index (χ1v) is 7.15. The molecule has 1 aromatic carbocycles. The molecule has 0 atom stereocenters. The summed E-state index contributed by atoms with van der Waals surface area (Å²) in [7, 11) is 1.66. The summed E-state index contributed by atoms with van der Waals surface area (Å²) in [6.45, 7) is 2.68. The molecule has 0 aliphatic rings. The lowest BCUT2D eigenvalue weighted by Gasteiger charge is -2.11. The van der Waals surface area contributed by atoms with E-state index < -0.39 is 0 Å². The number of anilines is 1. The van der Waals surface area contributed by atoms with Crippen molar-refractivity contribution >= 4 is 44.8 Å². The fraction of sp³-hybridized carbons (Fsp3) is 0.500. The molecule has 0 spiro atoms. The molecule has 0 amide bonds. The van der Waals surface area contributed by atoms with Crippen molar-refractivity contribution in [1.82, 2.24) is 0 Å². The van der Waals surface area contributed by atoms with Gasteiger partial charge >= 0.3 is 0 Å². The molecule has 1 aromatic rings. The van der Waals surface area contributed by atoms with E-state index in [9.17, 15) is 0 Å². The van der Waals surface area contributed by atoms with Crippen LogP contribution in [0.5, 0.6) is 0 Å². The van der Waals surface area contributed by atoms with E-state index in [1.165, 1.54) is 0 Å². The lowest BCUT2D eigenvalue weighted by molar-refractivity contribution is 0.0705. The van der Waals surface area contributed by atoms with Crippen molar-refractivity contribution in [1.29, 1.82) is 0 Å². The predicted molar refractivity (Wildman–Crippen MR) is 80.0 cm³/mol. The van der Waals surface area contributed by atoms with Gasteiger partial charge in [-0.1, -0.05) is 39.1 Å². The zero-order chi connectivity index (χ0) is 13.4. The Balaban J connectivity index is 2.27. The van der Waals surface area contributed by atoms with E-state index in [4.69, 9.17) is 32.7 Å². The Morgan fingerprint density at radius 2 is 1.83 bits per heavy atom. The Kier molecular flexibility index (Phi) is 8.02. The van der Waals surface area contributed by atoms with Crippen molar-refractivity contribution in [3.8, 4) is 0 Å². The first kappa shape index (κ1) is 16.1. The van der Waals surface area contributed by atoms with Crippen LogP contribution in [0, 0.1) is 0 Å². The summed E-state index contributed by atoms with van der Waals surface area (Å²) in [6, 6.07) is 3.62. The first-order valence-electron chi connectivity index (χ1n) is 5.60. The summed E-state index contributed by atoms with van der Waals surface area (Å²) in [5.41, 5.74) is 0.762. The third-order valence-corrected chi connectivity index (χ3v) is 3.26. The van der Waals surface area contributed by atoms with E-state index in [0.29, 0.717) is 29.9 Å². The van der Waals surface area contributed by atoms with E-state index in [-0.39, 0.29) is 0 Å². The van der Waals surface area contributed by atoms with Crippen LogP contribution >= 0.6 is 39.1 Å². The molecule has 0 fully saturated rings. The van der Waals surface area contributed by atoms with Crippen LogP contribution in [0.2, 0.25) is 10.0 Å². The maximum Gasteiger partial charge on any atom is 0.0719 e. The fourth-order valence-electron chi connectivity index (χ4n) is 1.34. The highest BCUT2D eigenvalue weighted by molar-refractivity contribution is 9.10. The number of hydrogen-bond donors (Lipinski definition) is 1. The van der Waals surface area contributed by atoms with Gasteiger partial charge in [0, 0.05) is 24.7 Å². The second kappa shape index (κ2) is 8.99.